The van der Waals surface area contributed by atoms with Crippen LogP contribution in [-0.4, -0.2) is 50.5 Å². The minimum absolute atomic E-state index is 0.0121. The highest BCUT2D eigenvalue weighted by molar-refractivity contribution is 8.78. The molecule has 7 nitrogen and oxygen atoms in total. The molecule has 0 aliphatic rings. The number of rotatable bonds is 10. The molecule has 0 aliphatic heterocycles. The van der Waals surface area contributed by atoms with Crippen LogP contribution in [0.25, 0.3) is 0 Å². The number of aliphatic hydroxyl groups is 2. The molecule has 0 spiro atoms. The molecule has 9 heteroatoms. The molecule has 0 saturated carbocycles. The number of anilines is 1. The van der Waals surface area contributed by atoms with Crippen LogP contribution in [0.1, 0.15) is 24.7 Å². The molecule has 1 aromatic rings. The number of hydrogen-bond donors (Lipinski definition) is 3. The van der Waals surface area contributed by atoms with Crippen LogP contribution in [0.5, 0.6) is 0 Å². The third-order valence-electron chi connectivity index (χ3n) is 2.99. The van der Waals surface area contributed by atoms with Crippen molar-refractivity contribution in [2.45, 2.75) is 26.8 Å². The van der Waals surface area contributed by atoms with Crippen LogP contribution in [0.4, 0.5) is 5.82 Å². The van der Waals surface area contributed by atoms with Gasteiger partial charge in [-0.25, -0.2) is 9.97 Å². The van der Waals surface area contributed by atoms with Crippen LogP contribution in [0.15, 0.2) is 16.8 Å². The van der Waals surface area contributed by atoms with Crippen molar-refractivity contribution in [3.8, 4) is 0 Å². The van der Waals surface area contributed by atoms with E-state index in [-0.39, 0.29) is 19.8 Å². The van der Waals surface area contributed by atoms with Gasteiger partial charge in [-0.15, -0.1) is 0 Å². The van der Waals surface area contributed by atoms with Gasteiger partial charge in [-0.3, -0.25) is 4.79 Å². The Morgan fingerprint density at radius 3 is 2.74 bits per heavy atom. The number of aromatic nitrogens is 2. The largest absolute Gasteiger partial charge is 0.396 e. The van der Waals surface area contributed by atoms with Gasteiger partial charge < -0.3 is 20.8 Å². The Labute approximate surface area is 143 Å². The van der Waals surface area contributed by atoms with Crippen molar-refractivity contribution in [1.82, 2.24) is 14.9 Å². The van der Waals surface area contributed by atoms with E-state index in [0.717, 1.165) is 17.0 Å². The maximum atomic E-state index is 11.5. The second-order valence-electron chi connectivity index (χ2n) is 4.67. The highest BCUT2D eigenvalue weighted by Gasteiger charge is 2.14. The number of carbonyl (C=O) groups excluding carboxylic acids is 1. The zero-order chi connectivity index (χ0) is 17.2. The summed E-state index contributed by atoms with van der Waals surface area (Å²) < 4.78 is 0. The van der Waals surface area contributed by atoms with Crippen molar-refractivity contribution >= 4 is 33.8 Å². The summed E-state index contributed by atoms with van der Waals surface area (Å²) in [5.41, 5.74) is 7.28. The first-order chi connectivity index (χ1) is 11.0. The van der Waals surface area contributed by atoms with Crippen molar-refractivity contribution in [3.63, 3.8) is 0 Å². The molecular formula is C14H22N4O3S2. The van der Waals surface area contributed by atoms with Crippen molar-refractivity contribution in [2.24, 2.45) is 0 Å². The summed E-state index contributed by atoms with van der Waals surface area (Å²) in [4.78, 5) is 22.0. The van der Waals surface area contributed by atoms with Crippen LogP contribution < -0.4 is 5.73 Å². The molecule has 0 atom stereocenters. The van der Waals surface area contributed by atoms with Crippen LogP contribution >= 0.6 is 21.6 Å². The standard InChI is InChI=1S/C14H22N4O3S2/c1-10(13(3-4-19)23-22-6-5-20)18(9-21)8-12-7-16-11(2)17-14(12)15/h7,9,19-20H,3-6,8H2,1-2H3,(H2,15,16,17). The number of allylic oxidation sites excluding steroid dienone is 1. The fourth-order valence-corrected chi connectivity index (χ4v) is 3.97. The number of nitrogens with zero attached hydrogens (tertiary/aromatic N) is 3. The van der Waals surface area contributed by atoms with E-state index in [1.807, 2.05) is 6.92 Å². The first-order valence-electron chi connectivity index (χ1n) is 7.04. The van der Waals surface area contributed by atoms with Crippen molar-refractivity contribution in [1.29, 1.82) is 0 Å². The van der Waals surface area contributed by atoms with E-state index < -0.39 is 0 Å². The van der Waals surface area contributed by atoms with E-state index in [1.165, 1.54) is 26.5 Å². The Morgan fingerprint density at radius 1 is 1.43 bits per heavy atom. The molecule has 0 fully saturated rings. The van der Waals surface area contributed by atoms with E-state index in [4.69, 9.17) is 10.8 Å². The predicted molar refractivity (Wildman–Crippen MR) is 94.3 cm³/mol. The minimum Gasteiger partial charge on any atom is -0.396 e. The maximum absolute atomic E-state index is 11.5. The Balaban J connectivity index is 2.94. The lowest BCUT2D eigenvalue weighted by atomic mass is 10.2. The normalized spacial score (nSPS) is 12.0. The molecule has 1 amide bonds. The molecule has 1 heterocycles. The first kappa shape index (κ1) is 19.8. The lowest BCUT2D eigenvalue weighted by molar-refractivity contribution is -0.116. The number of nitrogens with two attached hydrogens (primary N) is 1. The van der Waals surface area contributed by atoms with Gasteiger partial charge in [0.05, 0.1) is 13.2 Å². The van der Waals surface area contributed by atoms with E-state index in [9.17, 15) is 9.90 Å². The Hall–Kier alpha value is -1.29. The predicted octanol–water partition coefficient (Wildman–Crippen LogP) is 1.31. The third-order valence-corrected chi connectivity index (χ3v) is 5.62. The molecule has 1 rings (SSSR count). The highest BCUT2D eigenvalue weighted by Crippen LogP contribution is 2.35. The zero-order valence-corrected chi connectivity index (χ0v) is 14.9. The first-order valence-corrected chi connectivity index (χ1v) is 9.36. The molecule has 128 valence electrons. The number of hydrogen-bond acceptors (Lipinski definition) is 8. The van der Waals surface area contributed by atoms with Gasteiger partial charge in [0.1, 0.15) is 11.6 Å². The average Bonchev–Trinajstić information content (AvgIpc) is 2.53. The fraction of sp³-hybridized carbons (Fsp3) is 0.500. The van der Waals surface area contributed by atoms with Gasteiger partial charge in [0, 0.05) is 41.1 Å². The summed E-state index contributed by atoms with van der Waals surface area (Å²) in [6.07, 6.45) is 2.78. The maximum Gasteiger partial charge on any atom is 0.214 e. The Morgan fingerprint density at radius 2 is 2.17 bits per heavy atom. The zero-order valence-electron chi connectivity index (χ0n) is 13.2. The minimum atomic E-state index is -0.0121. The quantitative estimate of drug-likeness (QED) is 0.326. The van der Waals surface area contributed by atoms with Crippen molar-refractivity contribution in [3.05, 3.63) is 28.2 Å². The van der Waals surface area contributed by atoms with Gasteiger partial charge in [-0.2, -0.15) is 0 Å². The monoisotopic (exact) mass is 358 g/mol. The summed E-state index contributed by atoms with van der Waals surface area (Å²) in [6.45, 7) is 3.90. The lowest BCUT2D eigenvalue weighted by Gasteiger charge is -2.22. The molecule has 0 aliphatic carbocycles. The lowest BCUT2D eigenvalue weighted by Crippen LogP contribution is -2.21. The third kappa shape index (κ3) is 6.38. The second-order valence-corrected chi connectivity index (χ2v) is 7.18. The molecule has 0 unspecified atom stereocenters. The van der Waals surface area contributed by atoms with Crippen LogP contribution in [0.2, 0.25) is 0 Å². The summed E-state index contributed by atoms with van der Waals surface area (Å²) in [5, 5.41) is 18.1. The van der Waals surface area contributed by atoms with Gasteiger partial charge >= 0.3 is 0 Å². The smallest absolute Gasteiger partial charge is 0.214 e. The van der Waals surface area contributed by atoms with E-state index in [1.54, 1.807) is 13.1 Å². The molecule has 1 aromatic heterocycles. The van der Waals surface area contributed by atoms with Crippen molar-refractivity contribution < 1.29 is 15.0 Å². The number of carbonyl (C=O) groups is 1. The molecule has 0 bridgehead atoms. The van der Waals surface area contributed by atoms with Gasteiger partial charge in [0.2, 0.25) is 6.41 Å². The number of nitrogen functional groups attached to an aromatic ring is 1. The highest BCUT2D eigenvalue weighted by atomic mass is 33.1. The van der Waals surface area contributed by atoms with Crippen LogP contribution in [-0.2, 0) is 11.3 Å². The number of amides is 1. The Bertz CT molecular complexity index is 555. The van der Waals surface area contributed by atoms with Crippen molar-refractivity contribution in [2.75, 3.05) is 24.7 Å². The number of aliphatic hydroxyl groups excluding tert-OH is 2. The molecule has 4 N–H and O–H groups in total. The van der Waals surface area contributed by atoms with Gasteiger partial charge in [-0.1, -0.05) is 21.6 Å². The van der Waals surface area contributed by atoms with Gasteiger partial charge in [0.15, 0.2) is 0 Å². The van der Waals surface area contributed by atoms with E-state index >= 15 is 0 Å². The molecule has 23 heavy (non-hydrogen) atoms. The topological polar surface area (TPSA) is 113 Å². The fourth-order valence-electron chi connectivity index (χ4n) is 1.75. The summed E-state index contributed by atoms with van der Waals surface area (Å²) in [7, 11) is 2.93. The van der Waals surface area contributed by atoms with Crippen LogP contribution in [0, 0.1) is 6.92 Å². The van der Waals surface area contributed by atoms with E-state index in [0.29, 0.717) is 29.4 Å². The average molecular weight is 358 g/mol. The SMILES string of the molecule is CC(=C(CCO)SSCCO)N(C=O)Cc1cnc(C)nc1N. The van der Waals surface area contributed by atoms with Gasteiger partial charge in [-0.05, 0) is 13.8 Å². The molecule has 0 saturated heterocycles. The van der Waals surface area contributed by atoms with Crippen LogP contribution in [0.3, 0.4) is 0 Å². The molecule has 0 radical (unpaired) electrons. The summed E-state index contributed by atoms with van der Waals surface area (Å²) in [5.74, 6) is 1.50. The Kier molecular flexibility index (Phi) is 9.00. The second kappa shape index (κ2) is 10.5. The molecular weight excluding hydrogens is 336 g/mol. The van der Waals surface area contributed by atoms with Gasteiger partial charge in [0.25, 0.3) is 0 Å². The van der Waals surface area contributed by atoms with E-state index in [2.05, 4.69) is 9.97 Å². The summed E-state index contributed by atoms with van der Waals surface area (Å²) >= 11 is 0. The number of aryl methyl sites for hydroxylation is 1. The summed E-state index contributed by atoms with van der Waals surface area (Å²) in [6, 6.07) is 0. The molecule has 0 aromatic carbocycles.